The van der Waals surface area contributed by atoms with E-state index in [4.69, 9.17) is 5.73 Å². The first-order valence-electron chi connectivity index (χ1n) is 4.06. The highest BCUT2D eigenvalue weighted by Crippen LogP contribution is 2.13. The number of nitrogens with two attached hydrogens (primary N) is 1. The Bertz CT molecular complexity index is 400. The SMILES string of the molecule is Nc1cccnc1NCc1ncon1. The Kier molecular flexibility index (Phi) is 2.26. The van der Waals surface area contributed by atoms with Gasteiger partial charge in [-0.2, -0.15) is 4.98 Å². The number of nitrogens with one attached hydrogen (secondary N) is 1. The molecule has 2 heterocycles. The van der Waals surface area contributed by atoms with Gasteiger partial charge >= 0.3 is 0 Å². The number of hydrogen-bond donors (Lipinski definition) is 2. The normalized spacial score (nSPS) is 10.0. The Morgan fingerprint density at radius 3 is 3.07 bits per heavy atom. The van der Waals surface area contributed by atoms with E-state index in [-0.39, 0.29) is 0 Å². The van der Waals surface area contributed by atoms with Crippen molar-refractivity contribution in [3.8, 4) is 0 Å². The molecule has 2 aromatic heterocycles. The zero-order chi connectivity index (χ0) is 9.80. The van der Waals surface area contributed by atoms with Gasteiger partial charge < -0.3 is 15.6 Å². The number of aromatic nitrogens is 3. The maximum atomic E-state index is 5.67. The maximum absolute atomic E-state index is 5.67. The second kappa shape index (κ2) is 3.73. The molecule has 0 atom stereocenters. The van der Waals surface area contributed by atoms with Gasteiger partial charge in [-0.1, -0.05) is 5.16 Å². The van der Waals surface area contributed by atoms with E-state index in [0.29, 0.717) is 23.9 Å². The van der Waals surface area contributed by atoms with E-state index in [2.05, 4.69) is 25.0 Å². The Morgan fingerprint density at radius 1 is 1.43 bits per heavy atom. The van der Waals surface area contributed by atoms with Crippen molar-refractivity contribution in [2.24, 2.45) is 0 Å². The lowest BCUT2D eigenvalue weighted by Gasteiger charge is -2.04. The lowest BCUT2D eigenvalue weighted by Crippen LogP contribution is -2.05. The van der Waals surface area contributed by atoms with E-state index < -0.39 is 0 Å². The van der Waals surface area contributed by atoms with Crippen LogP contribution in [-0.2, 0) is 6.54 Å². The van der Waals surface area contributed by atoms with Crippen LogP contribution in [-0.4, -0.2) is 15.1 Å². The molecule has 0 radical (unpaired) electrons. The van der Waals surface area contributed by atoms with Crippen LogP contribution in [0, 0.1) is 0 Å². The summed E-state index contributed by atoms with van der Waals surface area (Å²) in [5.41, 5.74) is 6.26. The third-order valence-corrected chi connectivity index (χ3v) is 1.66. The largest absolute Gasteiger partial charge is 0.396 e. The summed E-state index contributed by atoms with van der Waals surface area (Å²) < 4.78 is 4.58. The molecule has 6 nitrogen and oxygen atoms in total. The fourth-order valence-electron chi connectivity index (χ4n) is 0.999. The van der Waals surface area contributed by atoms with Crippen LogP contribution in [0.15, 0.2) is 29.2 Å². The molecule has 0 saturated carbocycles. The van der Waals surface area contributed by atoms with Gasteiger partial charge in [0.2, 0.25) is 6.39 Å². The minimum Gasteiger partial charge on any atom is -0.396 e. The Labute approximate surface area is 80.1 Å². The number of hydrogen-bond acceptors (Lipinski definition) is 6. The monoisotopic (exact) mass is 191 g/mol. The van der Waals surface area contributed by atoms with Crippen molar-refractivity contribution in [2.45, 2.75) is 6.54 Å². The second-order valence-electron chi connectivity index (χ2n) is 2.64. The van der Waals surface area contributed by atoms with E-state index in [1.807, 2.05) is 0 Å². The van der Waals surface area contributed by atoms with Gasteiger partial charge in [-0.05, 0) is 12.1 Å². The van der Waals surface area contributed by atoms with Gasteiger partial charge in [0.05, 0.1) is 12.2 Å². The van der Waals surface area contributed by atoms with Crippen molar-refractivity contribution in [1.82, 2.24) is 15.1 Å². The molecule has 0 amide bonds. The van der Waals surface area contributed by atoms with E-state index in [0.717, 1.165) is 0 Å². The van der Waals surface area contributed by atoms with Crippen molar-refractivity contribution < 1.29 is 4.52 Å². The summed E-state index contributed by atoms with van der Waals surface area (Å²) in [4.78, 5) is 7.91. The standard InChI is InChI=1S/C8H9N5O/c9-6-2-1-3-10-8(6)11-4-7-12-5-14-13-7/h1-3,5H,4,9H2,(H,10,11). The third-order valence-electron chi connectivity index (χ3n) is 1.66. The highest BCUT2D eigenvalue weighted by molar-refractivity contribution is 5.60. The highest BCUT2D eigenvalue weighted by Gasteiger charge is 2.01. The lowest BCUT2D eigenvalue weighted by atomic mass is 10.4. The summed E-state index contributed by atoms with van der Waals surface area (Å²) >= 11 is 0. The molecule has 72 valence electrons. The summed E-state index contributed by atoms with van der Waals surface area (Å²) in [5.74, 6) is 1.19. The molecule has 0 saturated heterocycles. The predicted molar refractivity (Wildman–Crippen MR) is 50.3 cm³/mol. The smallest absolute Gasteiger partial charge is 0.213 e. The minimum atomic E-state index is 0.442. The zero-order valence-electron chi connectivity index (χ0n) is 7.34. The average molecular weight is 191 g/mol. The van der Waals surface area contributed by atoms with Crippen molar-refractivity contribution in [2.75, 3.05) is 11.1 Å². The van der Waals surface area contributed by atoms with Crippen molar-refractivity contribution in [1.29, 1.82) is 0 Å². The molecule has 3 N–H and O–H groups in total. The van der Waals surface area contributed by atoms with Crippen molar-refractivity contribution in [3.05, 3.63) is 30.5 Å². The van der Waals surface area contributed by atoms with Gasteiger partial charge in [0.25, 0.3) is 0 Å². The topological polar surface area (TPSA) is 89.9 Å². The fourth-order valence-corrected chi connectivity index (χ4v) is 0.999. The molecule has 0 fully saturated rings. The van der Waals surface area contributed by atoms with Gasteiger partial charge in [0.15, 0.2) is 5.82 Å². The Morgan fingerprint density at radius 2 is 2.36 bits per heavy atom. The summed E-state index contributed by atoms with van der Waals surface area (Å²) in [6.07, 6.45) is 2.94. The van der Waals surface area contributed by atoms with Crippen molar-refractivity contribution in [3.63, 3.8) is 0 Å². The molecule has 0 aliphatic carbocycles. The zero-order valence-corrected chi connectivity index (χ0v) is 7.34. The summed E-state index contributed by atoms with van der Waals surface area (Å²) in [6, 6.07) is 3.54. The van der Waals surface area contributed by atoms with Crippen LogP contribution in [0.5, 0.6) is 0 Å². The first-order chi connectivity index (χ1) is 6.86. The molecule has 0 unspecified atom stereocenters. The summed E-state index contributed by atoms with van der Waals surface area (Å²) in [5, 5.41) is 6.64. The molecule has 0 aliphatic rings. The number of pyridine rings is 1. The van der Waals surface area contributed by atoms with E-state index in [1.54, 1.807) is 18.3 Å². The van der Waals surface area contributed by atoms with Gasteiger partial charge in [-0.15, -0.1) is 0 Å². The lowest BCUT2D eigenvalue weighted by molar-refractivity contribution is 0.411. The number of rotatable bonds is 3. The highest BCUT2D eigenvalue weighted by atomic mass is 16.5. The Balaban J connectivity index is 2.02. The van der Waals surface area contributed by atoms with E-state index in [9.17, 15) is 0 Å². The molecular weight excluding hydrogens is 182 g/mol. The molecule has 2 rings (SSSR count). The van der Waals surface area contributed by atoms with Gasteiger partial charge in [-0.25, -0.2) is 4.98 Å². The molecule has 6 heteroatoms. The quantitative estimate of drug-likeness (QED) is 0.740. The predicted octanol–water partition coefficient (Wildman–Crippen LogP) is 0.659. The summed E-state index contributed by atoms with van der Waals surface area (Å²) in [6.45, 7) is 0.442. The van der Waals surface area contributed by atoms with Crippen LogP contribution in [0.2, 0.25) is 0 Å². The minimum absolute atomic E-state index is 0.442. The average Bonchev–Trinajstić information content (AvgIpc) is 2.69. The molecular formula is C8H9N5O. The third kappa shape index (κ3) is 1.79. The van der Waals surface area contributed by atoms with Gasteiger partial charge in [-0.3, -0.25) is 0 Å². The van der Waals surface area contributed by atoms with Crippen LogP contribution in [0.4, 0.5) is 11.5 Å². The van der Waals surface area contributed by atoms with Crippen LogP contribution in [0.3, 0.4) is 0 Å². The summed E-state index contributed by atoms with van der Waals surface area (Å²) in [7, 11) is 0. The molecule has 0 bridgehead atoms. The van der Waals surface area contributed by atoms with E-state index in [1.165, 1.54) is 6.39 Å². The molecule has 2 aromatic rings. The van der Waals surface area contributed by atoms with Crippen LogP contribution in [0.25, 0.3) is 0 Å². The Hall–Kier alpha value is -2.11. The molecule has 0 aliphatic heterocycles. The van der Waals surface area contributed by atoms with Crippen LogP contribution < -0.4 is 11.1 Å². The molecule has 14 heavy (non-hydrogen) atoms. The number of anilines is 2. The maximum Gasteiger partial charge on any atom is 0.213 e. The first kappa shape index (κ1) is 8.49. The number of nitrogens with zero attached hydrogens (tertiary/aromatic N) is 3. The molecule has 0 spiro atoms. The number of nitrogen functional groups attached to an aromatic ring is 1. The van der Waals surface area contributed by atoms with Crippen LogP contribution >= 0.6 is 0 Å². The van der Waals surface area contributed by atoms with Gasteiger partial charge in [0.1, 0.15) is 5.82 Å². The van der Waals surface area contributed by atoms with Crippen LogP contribution in [0.1, 0.15) is 5.82 Å². The van der Waals surface area contributed by atoms with Crippen molar-refractivity contribution >= 4 is 11.5 Å². The fraction of sp³-hybridized carbons (Fsp3) is 0.125. The molecule has 0 aromatic carbocycles. The second-order valence-corrected chi connectivity index (χ2v) is 2.64. The van der Waals surface area contributed by atoms with Gasteiger partial charge in [0, 0.05) is 6.20 Å². The first-order valence-corrected chi connectivity index (χ1v) is 4.06. The van der Waals surface area contributed by atoms with E-state index >= 15 is 0 Å².